The van der Waals surface area contributed by atoms with Crippen LogP contribution < -0.4 is 10.9 Å². The molecule has 32 heavy (non-hydrogen) atoms. The van der Waals surface area contributed by atoms with Gasteiger partial charge in [-0.15, -0.1) is 0 Å². The van der Waals surface area contributed by atoms with Gasteiger partial charge in [0, 0.05) is 19.0 Å². The molecular formula is C24H34F2N2O4. The van der Waals surface area contributed by atoms with Gasteiger partial charge in [0.05, 0.1) is 0 Å². The van der Waals surface area contributed by atoms with Crippen LogP contribution in [0.5, 0.6) is 5.75 Å². The van der Waals surface area contributed by atoms with Crippen LogP contribution in [0.15, 0.2) is 21.3 Å². The molecule has 2 rings (SSSR count). The van der Waals surface area contributed by atoms with E-state index < -0.39 is 34.5 Å². The number of carbonyl (C=O) groups is 1. The fraction of sp³-hybridized carbons (Fsp3) is 0.583. The second kappa shape index (κ2) is 13.2. The van der Waals surface area contributed by atoms with Crippen LogP contribution in [0.3, 0.4) is 0 Å². The van der Waals surface area contributed by atoms with Crippen molar-refractivity contribution in [1.29, 1.82) is 0 Å². The summed E-state index contributed by atoms with van der Waals surface area (Å²) in [4.78, 5) is 26.2. The topological polar surface area (TPSA) is 82.8 Å². The Bertz CT molecular complexity index is 946. The number of benzene rings is 1. The highest BCUT2D eigenvalue weighted by Crippen LogP contribution is 2.28. The van der Waals surface area contributed by atoms with Gasteiger partial charge < -0.3 is 19.7 Å². The lowest BCUT2D eigenvalue weighted by Crippen LogP contribution is -2.31. The highest BCUT2D eigenvalue weighted by molar-refractivity contribution is 5.96. The first kappa shape index (κ1) is 25.8. The molecule has 2 N–H and O–H groups in total. The molecule has 0 unspecified atom stereocenters. The number of phenols is 1. The van der Waals surface area contributed by atoms with Crippen molar-refractivity contribution in [3.8, 4) is 5.75 Å². The van der Waals surface area contributed by atoms with Crippen LogP contribution in [0.1, 0.15) is 74.6 Å². The van der Waals surface area contributed by atoms with E-state index in [0.29, 0.717) is 6.54 Å². The number of nitrogens with zero attached hydrogens (tertiary/aromatic N) is 1. The average Bonchev–Trinajstić information content (AvgIpc) is 2.78. The number of aromatic hydroxyl groups is 1. The Morgan fingerprint density at radius 2 is 1.56 bits per heavy atom. The first-order chi connectivity index (χ1) is 15.4. The minimum absolute atomic E-state index is 0.101. The van der Waals surface area contributed by atoms with E-state index in [1.807, 2.05) is 7.05 Å². The molecular weight excluding hydrogens is 418 g/mol. The summed E-state index contributed by atoms with van der Waals surface area (Å²) in [6.07, 6.45) is 11.6. The number of halogens is 2. The predicted molar refractivity (Wildman–Crippen MR) is 121 cm³/mol. The fourth-order valence-corrected chi connectivity index (χ4v) is 3.70. The van der Waals surface area contributed by atoms with E-state index in [-0.39, 0.29) is 10.9 Å². The summed E-state index contributed by atoms with van der Waals surface area (Å²) in [5.41, 5.74) is -1.89. The zero-order valence-electron chi connectivity index (χ0n) is 19.0. The Morgan fingerprint density at radius 3 is 2.16 bits per heavy atom. The van der Waals surface area contributed by atoms with Crippen molar-refractivity contribution < 1.29 is 23.1 Å². The number of fused-ring (bicyclic) bond motifs is 1. The lowest BCUT2D eigenvalue weighted by molar-refractivity contribution is 0.0788. The largest absolute Gasteiger partial charge is 0.503 e. The normalized spacial score (nSPS) is 11.2. The number of hydrogen-bond donors (Lipinski definition) is 2. The van der Waals surface area contributed by atoms with Gasteiger partial charge >= 0.3 is 5.63 Å². The molecule has 1 aromatic carbocycles. The van der Waals surface area contributed by atoms with E-state index in [1.165, 1.54) is 49.8 Å². The van der Waals surface area contributed by atoms with Crippen LogP contribution in [-0.4, -0.2) is 43.1 Å². The van der Waals surface area contributed by atoms with E-state index in [2.05, 4.69) is 5.32 Å². The minimum Gasteiger partial charge on any atom is -0.503 e. The summed E-state index contributed by atoms with van der Waals surface area (Å²) in [6, 6.07) is 1.93. The molecule has 0 aliphatic carbocycles. The van der Waals surface area contributed by atoms with Crippen molar-refractivity contribution in [2.45, 2.75) is 64.2 Å². The van der Waals surface area contributed by atoms with Crippen molar-refractivity contribution in [3.63, 3.8) is 0 Å². The molecule has 178 valence electrons. The van der Waals surface area contributed by atoms with Crippen LogP contribution in [0.2, 0.25) is 0 Å². The van der Waals surface area contributed by atoms with Gasteiger partial charge in [-0.2, -0.15) is 4.39 Å². The van der Waals surface area contributed by atoms with Crippen molar-refractivity contribution >= 4 is 16.9 Å². The van der Waals surface area contributed by atoms with Gasteiger partial charge in [-0.3, -0.25) is 4.79 Å². The molecule has 1 aromatic heterocycles. The predicted octanol–water partition coefficient (Wildman–Crippen LogP) is 4.97. The summed E-state index contributed by atoms with van der Waals surface area (Å²) < 4.78 is 32.3. The molecule has 1 heterocycles. The molecule has 8 heteroatoms. The van der Waals surface area contributed by atoms with E-state index in [9.17, 15) is 23.5 Å². The maximum absolute atomic E-state index is 13.9. The molecule has 1 amide bonds. The molecule has 0 aliphatic heterocycles. The number of carbonyl (C=O) groups excluding carboxylic acids is 1. The van der Waals surface area contributed by atoms with Gasteiger partial charge in [-0.1, -0.05) is 51.4 Å². The Kier molecular flexibility index (Phi) is 10.6. The molecule has 0 fully saturated rings. The van der Waals surface area contributed by atoms with E-state index >= 15 is 0 Å². The van der Waals surface area contributed by atoms with Crippen molar-refractivity contribution in [2.75, 3.05) is 27.2 Å². The number of unbranched alkanes of at least 4 members (excludes halogenated alkanes) is 9. The van der Waals surface area contributed by atoms with Crippen LogP contribution in [0.4, 0.5) is 8.78 Å². The third-order valence-corrected chi connectivity index (χ3v) is 5.64. The van der Waals surface area contributed by atoms with E-state index in [0.717, 1.165) is 37.9 Å². The van der Waals surface area contributed by atoms with Crippen molar-refractivity contribution in [3.05, 3.63) is 39.8 Å². The molecule has 0 saturated carbocycles. The lowest BCUT2D eigenvalue weighted by atomic mass is 10.1. The van der Waals surface area contributed by atoms with Crippen LogP contribution in [0.25, 0.3) is 11.0 Å². The van der Waals surface area contributed by atoms with Crippen LogP contribution >= 0.6 is 0 Å². The second-order valence-corrected chi connectivity index (χ2v) is 8.25. The van der Waals surface area contributed by atoms with Gasteiger partial charge in [0.25, 0.3) is 5.91 Å². The molecule has 0 aliphatic rings. The standard InChI is InChI=1S/C24H34F2N2O4/c1-27-13-11-9-7-5-3-4-6-8-10-12-14-28(2)23(30)18-15-17-16-19(25)21(29)20(26)22(17)32-24(18)31/h15-16,27,29H,3-14H2,1-2H3. The zero-order chi connectivity index (χ0) is 23.5. The van der Waals surface area contributed by atoms with Gasteiger partial charge in [0.15, 0.2) is 17.1 Å². The number of phenolic OH excluding ortho intramolecular Hbond substituents is 1. The Hall–Kier alpha value is -2.48. The molecule has 0 bridgehead atoms. The molecule has 0 spiro atoms. The third-order valence-electron chi connectivity index (χ3n) is 5.64. The summed E-state index contributed by atoms with van der Waals surface area (Å²) in [6.45, 7) is 1.56. The quantitative estimate of drug-likeness (QED) is 0.312. The summed E-state index contributed by atoms with van der Waals surface area (Å²) in [5.74, 6) is -4.34. The van der Waals surface area contributed by atoms with Crippen LogP contribution in [0, 0.1) is 11.6 Å². The van der Waals surface area contributed by atoms with Gasteiger partial charge in [-0.25, -0.2) is 9.18 Å². The van der Waals surface area contributed by atoms with E-state index in [1.54, 1.807) is 7.05 Å². The number of hydrogen-bond acceptors (Lipinski definition) is 5. The third kappa shape index (κ3) is 7.29. The molecule has 0 saturated heterocycles. The maximum atomic E-state index is 13.9. The smallest absolute Gasteiger partial charge is 0.349 e. The molecule has 6 nitrogen and oxygen atoms in total. The summed E-state index contributed by atoms with van der Waals surface area (Å²) >= 11 is 0. The van der Waals surface area contributed by atoms with Crippen LogP contribution in [-0.2, 0) is 0 Å². The van der Waals surface area contributed by atoms with Gasteiger partial charge in [-0.05, 0) is 38.6 Å². The molecule has 0 radical (unpaired) electrons. The highest BCUT2D eigenvalue weighted by Gasteiger charge is 2.21. The number of rotatable bonds is 14. The Balaban J connectivity index is 1.74. The van der Waals surface area contributed by atoms with Gasteiger partial charge in [0.2, 0.25) is 5.82 Å². The maximum Gasteiger partial charge on any atom is 0.349 e. The fourth-order valence-electron chi connectivity index (χ4n) is 3.70. The second-order valence-electron chi connectivity index (χ2n) is 8.25. The first-order valence-electron chi connectivity index (χ1n) is 11.4. The SMILES string of the molecule is CNCCCCCCCCCCCCN(C)C(=O)c1cc2cc(F)c(O)c(F)c2oc1=O. The average molecular weight is 453 g/mol. The monoisotopic (exact) mass is 452 g/mol. The van der Waals surface area contributed by atoms with E-state index in [4.69, 9.17) is 4.42 Å². The summed E-state index contributed by atoms with van der Waals surface area (Å²) in [5, 5.41) is 12.4. The first-order valence-corrected chi connectivity index (χ1v) is 11.4. The number of amides is 1. The zero-order valence-corrected chi connectivity index (χ0v) is 19.0. The Morgan fingerprint density at radius 1 is 1.00 bits per heavy atom. The van der Waals surface area contributed by atoms with Crippen molar-refractivity contribution in [2.24, 2.45) is 0 Å². The van der Waals surface area contributed by atoms with Crippen molar-refractivity contribution in [1.82, 2.24) is 10.2 Å². The summed E-state index contributed by atoms with van der Waals surface area (Å²) in [7, 11) is 3.56. The molecule has 0 atom stereocenters. The molecule has 2 aromatic rings. The minimum atomic E-state index is -1.36. The lowest BCUT2D eigenvalue weighted by Gasteiger charge is -2.16. The highest BCUT2D eigenvalue weighted by atomic mass is 19.1. The van der Waals surface area contributed by atoms with Gasteiger partial charge in [0.1, 0.15) is 5.56 Å². The number of nitrogens with one attached hydrogen (secondary N) is 1. The Labute approximate surface area is 187 Å².